The van der Waals surface area contributed by atoms with E-state index in [0.29, 0.717) is 6.04 Å². The van der Waals surface area contributed by atoms with Gasteiger partial charge >= 0.3 is 5.97 Å². The summed E-state index contributed by atoms with van der Waals surface area (Å²) in [5.74, 6) is -2.08. The lowest BCUT2D eigenvalue weighted by Gasteiger charge is -2.18. The quantitative estimate of drug-likeness (QED) is 0.833. The summed E-state index contributed by atoms with van der Waals surface area (Å²) >= 11 is 0. The van der Waals surface area contributed by atoms with E-state index in [-0.39, 0.29) is 16.9 Å². The Kier molecular flexibility index (Phi) is 6.25. The Morgan fingerprint density at radius 3 is 2.44 bits per heavy atom. The number of aromatic hydroxyl groups is 1. The number of Topliss-reactive ketones (excluding diaryl/α,β-unsaturated/α-hetero) is 1. The molecule has 3 rings (SSSR count). The zero-order valence-corrected chi connectivity index (χ0v) is 14.3. The van der Waals surface area contributed by atoms with Crippen molar-refractivity contribution in [1.29, 1.82) is 0 Å². The predicted octanol–water partition coefficient (Wildman–Crippen LogP) is 3.14. The Morgan fingerprint density at radius 2 is 1.92 bits per heavy atom. The van der Waals surface area contributed by atoms with Crippen molar-refractivity contribution in [1.82, 2.24) is 9.88 Å². The van der Waals surface area contributed by atoms with Crippen LogP contribution < -0.4 is 0 Å². The number of carboxylic acids is 1. The molecule has 0 saturated carbocycles. The molecule has 1 saturated heterocycles. The van der Waals surface area contributed by atoms with Crippen LogP contribution in [0.4, 0.5) is 0 Å². The SMILES string of the molecule is CC(=O)c1cccc(C(=O)O)c1O.CN1CCC[C@H]1c1cccnc1. The Labute approximate surface area is 146 Å². The fourth-order valence-corrected chi connectivity index (χ4v) is 2.90. The molecule has 2 aromatic rings. The summed E-state index contributed by atoms with van der Waals surface area (Å²) in [6, 6.07) is 8.83. The highest BCUT2D eigenvalue weighted by Crippen LogP contribution is 2.29. The highest BCUT2D eigenvalue weighted by Gasteiger charge is 2.22. The maximum absolute atomic E-state index is 10.9. The first-order chi connectivity index (χ1) is 11.9. The summed E-state index contributed by atoms with van der Waals surface area (Å²) in [4.78, 5) is 28.0. The molecule has 132 valence electrons. The number of hydrogen-bond donors (Lipinski definition) is 2. The van der Waals surface area contributed by atoms with Gasteiger partial charge in [0.1, 0.15) is 11.3 Å². The van der Waals surface area contributed by atoms with Crippen LogP contribution >= 0.6 is 0 Å². The fourth-order valence-electron chi connectivity index (χ4n) is 2.90. The molecular formula is C19H22N2O4. The number of carbonyl (C=O) groups is 2. The standard InChI is InChI=1S/C10H14N2.C9H8O4/c1-12-7-3-5-10(12)9-4-2-6-11-8-9;1-5(10)6-3-2-4-7(8(6)11)9(12)13/h2,4,6,8,10H,3,5,7H2,1H3;2-4,11H,1H3,(H,12,13)/t10-;/m0./s1. The van der Waals surface area contributed by atoms with E-state index < -0.39 is 11.7 Å². The largest absolute Gasteiger partial charge is 0.506 e. The number of para-hydroxylation sites is 1. The van der Waals surface area contributed by atoms with Crippen LogP contribution in [0.5, 0.6) is 5.75 Å². The maximum Gasteiger partial charge on any atom is 0.339 e. The Balaban J connectivity index is 0.000000181. The second kappa shape index (κ2) is 8.39. The summed E-state index contributed by atoms with van der Waals surface area (Å²) in [6.45, 7) is 2.49. The fraction of sp³-hybridized carbons (Fsp3) is 0.316. The lowest BCUT2D eigenvalue weighted by atomic mass is 10.1. The minimum atomic E-state index is -1.25. The average Bonchev–Trinajstić information content (AvgIpc) is 3.02. The second-order valence-electron chi connectivity index (χ2n) is 5.99. The lowest BCUT2D eigenvalue weighted by Crippen LogP contribution is -2.17. The number of phenols is 1. The van der Waals surface area contributed by atoms with Crippen LogP contribution in [0.2, 0.25) is 0 Å². The molecule has 6 heteroatoms. The van der Waals surface area contributed by atoms with E-state index in [1.807, 2.05) is 18.5 Å². The molecule has 25 heavy (non-hydrogen) atoms. The van der Waals surface area contributed by atoms with Crippen molar-refractivity contribution >= 4 is 11.8 Å². The number of aromatic nitrogens is 1. The van der Waals surface area contributed by atoms with Crippen molar-refractivity contribution < 1.29 is 19.8 Å². The monoisotopic (exact) mass is 342 g/mol. The topological polar surface area (TPSA) is 90.7 Å². The van der Waals surface area contributed by atoms with Crippen LogP contribution in [0.3, 0.4) is 0 Å². The average molecular weight is 342 g/mol. The number of aromatic carboxylic acids is 1. The van der Waals surface area contributed by atoms with Gasteiger partial charge in [-0.1, -0.05) is 12.1 Å². The van der Waals surface area contributed by atoms with Gasteiger partial charge < -0.3 is 10.2 Å². The van der Waals surface area contributed by atoms with Gasteiger partial charge in [0, 0.05) is 18.4 Å². The Bertz CT molecular complexity index is 714. The number of carboxylic acid groups (broad SMARTS) is 1. The van der Waals surface area contributed by atoms with Crippen molar-refractivity contribution in [3.05, 3.63) is 59.4 Å². The summed E-state index contributed by atoms with van der Waals surface area (Å²) in [7, 11) is 2.19. The van der Waals surface area contributed by atoms with E-state index in [4.69, 9.17) is 5.11 Å². The van der Waals surface area contributed by atoms with Gasteiger partial charge in [0.05, 0.1) is 5.56 Å². The molecule has 1 atom stereocenters. The van der Waals surface area contributed by atoms with Gasteiger partial charge in [-0.2, -0.15) is 0 Å². The number of nitrogens with zero attached hydrogens (tertiary/aromatic N) is 2. The zero-order valence-electron chi connectivity index (χ0n) is 14.3. The normalized spacial score (nSPS) is 16.8. The van der Waals surface area contributed by atoms with Crippen molar-refractivity contribution in [2.45, 2.75) is 25.8 Å². The van der Waals surface area contributed by atoms with E-state index >= 15 is 0 Å². The van der Waals surface area contributed by atoms with Gasteiger partial charge in [0.25, 0.3) is 0 Å². The molecule has 0 radical (unpaired) electrons. The van der Waals surface area contributed by atoms with Crippen molar-refractivity contribution in [2.24, 2.45) is 0 Å². The molecular weight excluding hydrogens is 320 g/mol. The second-order valence-corrected chi connectivity index (χ2v) is 5.99. The first-order valence-corrected chi connectivity index (χ1v) is 8.08. The Morgan fingerprint density at radius 1 is 1.20 bits per heavy atom. The smallest absolute Gasteiger partial charge is 0.339 e. The highest BCUT2D eigenvalue weighted by molar-refractivity contribution is 6.01. The van der Waals surface area contributed by atoms with Crippen LogP contribution in [0.15, 0.2) is 42.7 Å². The molecule has 1 aromatic carbocycles. The summed E-state index contributed by atoms with van der Waals surface area (Å²) in [5, 5.41) is 17.9. The van der Waals surface area contributed by atoms with E-state index in [9.17, 15) is 14.7 Å². The summed E-state index contributed by atoms with van der Waals surface area (Å²) in [5.41, 5.74) is 1.13. The van der Waals surface area contributed by atoms with E-state index in [1.54, 1.807) is 0 Å². The highest BCUT2D eigenvalue weighted by atomic mass is 16.4. The van der Waals surface area contributed by atoms with Crippen molar-refractivity contribution in [3.8, 4) is 5.75 Å². The molecule has 0 bridgehead atoms. The number of pyridine rings is 1. The van der Waals surface area contributed by atoms with Crippen LogP contribution in [-0.4, -0.2) is 45.4 Å². The first kappa shape index (κ1) is 18.6. The van der Waals surface area contributed by atoms with Crippen LogP contribution in [-0.2, 0) is 0 Å². The van der Waals surface area contributed by atoms with Gasteiger partial charge in [-0.15, -0.1) is 0 Å². The van der Waals surface area contributed by atoms with Gasteiger partial charge in [0.2, 0.25) is 0 Å². The number of rotatable bonds is 3. The zero-order chi connectivity index (χ0) is 18.4. The van der Waals surface area contributed by atoms with Crippen LogP contribution in [0, 0.1) is 0 Å². The van der Waals surface area contributed by atoms with Crippen LogP contribution in [0.25, 0.3) is 0 Å². The molecule has 0 aliphatic carbocycles. The maximum atomic E-state index is 10.9. The summed E-state index contributed by atoms with van der Waals surface area (Å²) < 4.78 is 0. The van der Waals surface area contributed by atoms with E-state index in [0.717, 1.165) is 0 Å². The van der Waals surface area contributed by atoms with Gasteiger partial charge in [-0.3, -0.25) is 14.7 Å². The summed E-state index contributed by atoms with van der Waals surface area (Å²) in [6.07, 6.45) is 6.41. The predicted molar refractivity (Wildman–Crippen MR) is 93.9 cm³/mol. The van der Waals surface area contributed by atoms with Gasteiger partial charge in [-0.25, -0.2) is 4.79 Å². The van der Waals surface area contributed by atoms with Gasteiger partial charge in [-0.05, 0) is 57.1 Å². The molecule has 0 unspecified atom stereocenters. The molecule has 0 amide bonds. The number of carbonyl (C=O) groups excluding carboxylic acids is 1. The molecule has 1 aliphatic rings. The molecule has 2 heterocycles. The third-order valence-corrected chi connectivity index (χ3v) is 4.24. The molecule has 6 nitrogen and oxygen atoms in total. The number of ketones is 1. The first-order valence-electron chi connectivity index (χ1n) is 8.08. The van der Waals surface area contributed by atoms with Crippen molar-refractivity contribution in [2.75, 3.05) is 13.6 Å². The van der Waals surface area contributed by atoms with Crippen molar-refractivity contribution in [3.63, 3.8) is 0 Å². The van der Waals surface area contributed by atoms with Crippen LogP contribution in [0.1, 0.15) is 52.1 Å². The van der Waals surface area contributed by atoms with E-state index in [2.05, 4.69) is 23.0 Å². The third kappa shape index (κ3) is 4.64. The minimum Gasteiger partial charge on any atom is -0.506 e. The molecule has 1 fully saturated rings. The molecule has 0 spiro atoms. The Hall–Kier alpha value is -2.73. The number of likely N-dealkylation sites (tertiary alicyclic amines) is 1. The lowest BCUT2D eigenvalue weighted by molar-refractivity contribution is 0.0693. The molecule has 1 aromatic heterocycles. The van der Waals surface area contributed by atoms with Gasteiger partial charge in [0.15, 0.2) is 5.78 Å². The molecule has 2 N–H and O–H groups in total. The van der Waals surface area contributed by atoms with E-state index in [1.165, 1.54) is 50.1 Å². The molecule has 1 aliphatic heterocycles. The minimum absolute atomic E-state index is 0.0277. The number of benzene rings is 1. The third-order valence-electron chi connectivity index (χ3n) is 4.24. The number of hydrogen-bond acceptors (Lipinski definition) is 5.